The van der Waals surface area contributed by atoms with Crippen LogP contribution < -0.4 is 10.0 Å². The topological polar surface area (TPSA) is 118 Å². The highest BCUT2D eigenvalue weighted by molar-refractivity contribution is 7.92. The monoisotopic (exact) mass is 499 g/mol. The Labute approximate surface area is 208 Å². The second-order valence-electron chi connectivity index (χ2n) is 7.73. The molecule has 0 heterocycles. The molecular formula is C27H21N3O5S. The molecule has 1 amide bonds. The molecule has 0 saturated carbocycles. The molecule has 0 unspecified atom stereocenters. The number of hydrogen-bond donors (Lipinski definition) is 2. The van der Waals surface area contributed by atoms with Crippen molar-refractivity contribution in [3.05, 3.63) is 130 Å². The van der Waals surface area contributed by atoms with Gasteiger partial charge in [0.15, 0.2) is 0 Å². The van der Waals surface area contributed by atoms with Crippen LogP contribution in [0, 0.1) is 10.1 Å². The molecule has 0 radical (unpaired) electrons. The van der Waals surface area contributed by atoms with Crippen LogP contribution >= 0.6 is 0 Å². The van der Waals surface area contributed by atoms with E-state index in [0.29, 0.717) is 28.1 Å². The number of nitrogens with one attached hydrogen (secondary N) is 2. The van der Waals surface area contributed by atoms with Crippen molar-refractivity contribution in [3.63, 3.8) is 0 Å². The summed E-state index contributed by atoms with van der Waals surface area (Å²) in [4.78, 5) is 23.9. The number of nitro groups is 1. The van der Waals surface area contributed by atoms with E-state index in [1.165, 1.54) is 36.4 Å². The fraction of sp³-hybridized carbons (Fsp3) is 0. The van der Waals surface area contributed by atoms with Crippen LogP contribution in [0.4, 0.5) is 17.1 Å². The van der Waals surface area contributed by atoms with Crippen LogP contribution in [-0.4, -0.2) is 19.2 Å². The van der Waals surface area contributed by atoms with Crippen molar-refractivity contribution < 1.29 is 18.1 Å². The number of non-ortho nitro benzene ring substituents is 1. The van der Waals surface area contributed by atoms with Gasteiger partial charge in [-0.05, 0) is 53.6 Å². The molecule has 4 aromatic carbocycles. The summed E-state index contributed by atoms with van der Waals surface area (Å²) < 4.78 is 27.8. The molecule has 0 aromatic heterocycles. The zero-order valence-electron chi connectivity index (χ0n) is 18.9. The van der Waals surface area contributed by atoms with Crippen molar-refractivity contribution in [1.82, 2.24) is 0 Å². The highest BCUT2D eigenvalue weighted by atomic mass is 32.2. The van der Waals surface area contributed by atoms with Crippen LogP contribution in [0.1, 0.15) is 11.1 Å². The molecule has 0 atom stereocenters. The van der Waals surface area contributed by atoms with Crippen molar-refractivity contribution in [2.75, 3.05) is 10.0 Å². The lowest BCUT2D eigenvalue weighted by molar-refractivity contribution is -0.384. The number of carbonyl (C=O) groups excluding carboxylic acids is 1. The number of para-hydroxylation sites is 1. The van der Waals surface area contributed by atoms with Crippen LogP contribution in [0.5, 0.6) is 0 Å². The summed E-state index contributed by atoms with van der Waals surface area (Å²) in [5.74, 6) is -0.453. The molecule has 4 aromatic rings. The minimum absolute atomic E-state index is 0.0415. The third-order valence-electron chi connectivity index (χ3n) is 5.17. The van der Waals surface area contributed by atoms with E-state index < -0.39 is 20.9 Å². The van der Waals surface area contributed by atoms with E-state index in [1.54, 1.807) is 72.8 Å². The number of rotatable bonds is 8. The standard InChI is InChI=1S/C27H21N3O5S/c31-27(26(21-9-3-1-4-10-21)19-20-8-7-13-24(18-20)30(32)33)28-22-14-16-25(17-15-22)36(34,35)29-23-11-5-2-6-12-23/h1-19,29H,(H,28,31)/b26-19-. The summed E-state index contributed by atoms with van der Waals surface area (Å²) in [6, 6.07) is 29.2. The van der Waals surface area contributed by atoms with E-state index in [1.807, 2.05) is 6.07 Å². The van der Waals surface area contributed by atoms with Gasteiger partial charge in [0.05, 0.1) is 9.82 Å². The van der Waals surface area contributed by atoms with Gasteiger partial charge in [0.1, 0.15) is 0 Å². The average Bonchev–Trinajstić information content (AvgIpc) is 2.88. The van der Waals surface area contributed by atoms with E-state index in [-0.39, 0.29) is 10.6 Å². The van der Waals surface area contributed by atoms with E-state index in [4.69, 9.17) is 0 Å². The lowest BCUT2D eigenvalue weighted by atomic mass is 10.0. The maximum Gasteiger partial charge on any atom is 0.270 e. The van der Waals surface area contributed by atoms with Gasteiger partial charge in [-0.1, -0.05) is 60.7 Å². The molecule has 0 spiro atoms. The Bertz CT molecular complexity index is 1520. The number of sulfonamides is 1. The minimum atomic E-state index is -3.80. The normalized spacial score (nSPS) is 11.5. The molecule has 0 saturated heterocycles. The highest BCUT2D eigenvalue weighted by Crippen LogP contribution is 2.24. The molecule has 0 aliphatic heterocycles. The number of anilines is 2. The van der Waals surface area contributed by atoms with Gasteiger partial charge in [-0.3, -0.25) is 19.6 Å². The third-order valence-corrected chi connectivity index (χ3v) is 6.57. The predicted octanol–water partition coefficient (Wildman–Crippen LogP) is 5.57. The molecule has 0 aliphatic carbocycles. The van der Waals surface area contributed by atoms with Gasteiger partial charge in [0, 0.05) is 29.1 Å². The lowest BCUT2D eigenvalue weighted by Gasteiger charge is -2.11. The number of nitrogens with zero attached hydrogens (tertiary/aromatic N) is 1. The summed E-state index contributed by atoms with van der Waals surface area (Å²) in [5, 5.41) is 13.9. The minimum Gasteiger partial charge on any atom is -0.322 e. The molecule has 2 N–H and O–H groups in total. The number of hydrogen-bond acceptors (Lipinski definition) is 5. The van der Waals surface area contributed by atoms with Crippen LogP contribution in [0.25, 0.3) is 11.6 Å². The first-order valence-electron chi connectivity index (χ1n) is 10.8. The number of carbonyl (C=O) groups is 1. The molecule has 9 heteroatoms. The van der Waals surface area contributed by atoms with Crippen molar-refractivity contribution >= 4 is 44.6 Å². The first-order chi connectivity index (χ1) is 17.3. The van der Waals surface area contributed by atoms with Crippen LogP contribution in [0.2, 0.25) is 0 Å². The van der Waals surface area contributed by atoms with Crippen LogP contribution in [-0.2, 0) is 14.8 Å². The summed E-state index contributed by atoms with van der Waals surface area (Å²) >= 11 is 0. The molecule has 0 bridgehead atoms. The Balaban J connectivity index is 1.58. The predicted molar refractivity (Wildman–Crippen MR) is 140 cm³/mol. The van der Waals surface area contributed by atoms with Crippen LogP contribution in [0.15, 0.2) is 114 Å². The zero-order chi connectivity index (χ0) is 25.5. The molecule has 36 heavy (non-hydrogen) atoms. The van der Waals surface area contributed by atoms with Crippen molar-refractivity contribution in [2.45, 2.75) is 4.90 Å². The number of amides is 1. The largest absolute Gasteiger partial charge is 0.322 e. The first-order valence-corrected chi connectivity index (χ1v) is 12.3. The van der Waals surface area contributed by atoms with Crippen molar-refractivity contribution in [3.8, 4) is 0 Å². The van der Waals surface area contributed by atoms with Crippen molar-refractivity contribution in [1.29, 1.82) is 0 Å². The second kappa shape index (κ2) is 10.7. The number of nitro benzene ring substituents is 1. The van der Waals surface area contributed by atoms with Gasteiger partial charge in [0.2, 0.25) is 0 Å². The van der Waals surface area contributed by atoms with Gasteiger partial charge < -0.3 is 5.32 Å². The Morgan fingerprint density at radius 2 is 1.42 bits per heavy atom. The lowest BCUT2D eigenvalue weighted by Crippen LogP contribution is -2.15. The first kappa shape index (κ1) is 24.4. The van der Waals surface area contributed by atoms with Gasteiger partial charge in [-0.2, -0.15) is 0 Å². The summed E-state index contributed by atoms with van der Waals surface area (Å²) in [7, 11) is -3.80. The quantitative estimate of drug-likeness (QED) is 0.142. The van der Waals surface area contributed by atoms with E-state index in [9.17, 15) is 23.3 Å². The number of benzene rings is 4. The van der Waals surface area contributed by atoms with Gasteiger partial charge in [-0.25, -0.2) is 8.42 Å². The third kappa shape index (κ3) is 6.02. The van der Waals surface area contributed by atoms with Crippen LogP contribution in [0.3, 0.4) is 0 Å². The molecular weight excluding hydrogens is 478 g/mol. The summed E-state index contributed by atoms with van der Waals surface area (Å²) in [6.45, 7) is 0. The van der Waals surface area contributed by atoms with E-state index >= 15 is 0 Å². The maximum absolute atomic E-state index is 13.2. The average molecular weight is 500 g/mol. The smallest absolute Gasteiger partial charge is 0.270 e. The van der Waals surface area contributed by atoms with E-state index in [2.05, 4.69) is 10.0 Å². The zero-order valence-corrected chi connectivity index (χ0v) is 19.7. The molecule has 4 rings (SSSR count). The van der Waals surface area contributed by atoms with E-state index in [0.717, 1.165) is 0 Å². The Hall–Kier alpha value is -4.76. The SMILES string of the molecule is O=C(Nc1ccc(S(=O)(=O)Nc2ccccc2)cc1)/C(=C\c1cccc([N+](=O)[O-])c1)c1ccccc1. The van der Waals surface area contributed by atoms with Gasteiger partial charge in [0.25, 0.3) is 21.6 Å². The Morgan fingerprint density at radius 1 is 0.778 bits per heavy atom. The molecule has 180 valence electrons. The Morgan fingerprint density at radius 3 is 2.06 bits per heavy atom. The van der Waals surface area contributed by atoms with Gasteiger partial charge in [-0.15, -0.1) is 0 Å². The molecule has 0 fully saturated rings. The summed E-state index contributed by atoms with van der Waals surface area (Å²) in [5.41, 5.74) is 2.14. The van der Waals surface area contributed by atoms with Gasteiger partial charge >= 0.3 is 0 Å². The summed E-state index contributed by atoms with van der Waals surface area (Å²) in [6.07, 6.45) is 1.57. The maximum atomic E-state index is 13.2. The molecule has 8 nitrogen and oxygen atoms in total. The van der Waals surface area contributed by atoms with Crippen molar-refractivity contribution in [2.24, 2.45) is 0 Å². The second-order valence-corrected chi connectivity index (χ2v) is 9.41. The highest BCUT2D eigenvalue weighted by Gasteiger charge is 2.16. The fourth-order valence-corrected chi connectivity index (χ4v) is 4.49. The Kier molecular flexibility index (Phi) is 7.22. The fourth-order valence-electron chi connectivity index (χ4n) is 3.43. The molecule has 0 aliphatic rings.